The Morgan fingerprint density at radius 2 is 1.78 bits per heavy atom. The second kappa shape index (κ2) is 3.82. The molecule has 0 N–H and O–H groups in total. The van der Waals surface area contributed by atoms with Crippen molar-refractivity contribution < 1.29 is 0 Å². The third-order valence-electron chi connectivity index (χ3n) is 5.59. The van der Waals surface area contributed by atoms with E-state index >= 15 is 0 Å². The normalized spacial score (nSPS) is 41.5. The van der Waals surface area contributed by atoms with E-state index in [1.165, 1.54) is 50.8 Å². The maximum atomic E-state index is 4.54. The maximum absolute atomic E-state index is 4.54. The van der Waals surface area contributed by atoms with Crippen LogP contribution in [0.2, 0.25) is 0 Å². The zero-order valence-electron chi connectivity index (χ0n) is 11.3. The molecule has 4 saturated carbocycles. The second-order valence-corrected chi connectivity index (χ2v) is 7.05. The van der Waals surface area contributed by atoms with Crippen LogP contribution in [0, 0.1) is 17.8 Å². The minimum atomic E-state index is 0.403. The van der Waals surface area contributed by atoms with Crippen LogP contribution in [-0.4, -0.2) is 14.8 Å². The molecule has 18 heavy (non-hydrogen) atoms. The first kappa shape index (κ1) is 11.0. The lowest BCUT2D eigenvalue weighted by molar-refractivity contribution is -0.0112. The van der Waals surface area contributed by atoms with Crippen LogP contribution < -0.4 is 0 Å². The summed E-state index contributed by atoms with van der Waals surface area (Å²) in [5.41, 5.74) is 0.403. The molecule has 3 heteroatoms. The van der Waals surface area contributed by atoms with Gasteiger partial charge in [-0.05, 0) is 62.7 Å². The van der Waals surface area contributed by atoms with Crippen molar-refractivity contribution in [2.24, 2.45) is 17.8 Å². The highest BCUT2D eigenvalue weighted by Crippen LogP contribution is 2.60. The Kier molecular flexibility index (Phi) is 2.33. The first-order valence-corrected chi connectivity index (χ1v) is 7.67. The lowest BCUT2D eigenvalue weighted by atomic mass is 9.49. The highest BCUT2D eigenvalue weighted by Gasteiger charge is 2.53. The molecule has 0 aliphatic heterocycles. The average Bonchev–Trinajstić information content (AvgIpc) is 2.76. The van der Waals surface area contributed by atoms with Crippen LogP contribution in [0.15, 0.2) is 6.33 Å². The van der Waals surface area contributed by atoms with E-state index in [0.717, 1.165) is 24.3 Å². The minimum absolute atomic E-state index is 0.403. The van der Waals surface area contributed by atoms with Crippen LogP contribution in [0.3, 0.4) is 0 Å². The summed E-state index contributed by atoms with van der Waals surface area (Å²) in [4.78, 5) is 0. The first-order chi connectivity index (χ1) is 8.79. The SMILES string of the molecule is CCCn1cnnc1C12CC3CC(CC(C3)C1)C2. The molecule has 3 nitrogen and oxygen atoms in total. The Hall–Kier alpha value is -0.860. The zero-order chi connectivity index (χ0) is 12.2. The third-order valence-corrected chi connectivity index (χ3v) is 5.59. The van der Waals surface area contributed by atoms with Gasteiger partial charge in [0.05, 0.1) is 0 Å². The molecule has 0 radical (unpaired) electrons. The second-order valence-electron chi connectivity index (χ2n) is 7.05. The summed E-state index contributed by atoms with van der Waals surface area (Å²) < 4.78 is 2.34. The molecular weight excluding hydrogens is 222 g/mol. The topological polar surface area (TPSA) is 30.7 Å². The van der Waals surface area contributed by atoms with Gasteiger partial charge in [0.25, 0.3) is 0 Å². The number of hydrogen-bond acceptors (Lipinski definition) is 2. The van der Waals surface area contributed by atoms with Crippen molar-refractivity contribution in [2.45, 2.75) is 63.8 Å². The summed E-state index contributed by atoms with van der Waals surface area (Å²) in [6.07, 6.45) is 11.8. The predicted octanol–water partition coefficient (Wildman–Crippen LogP) is 3.16. The summed E-state index contributed by atoms with van der Waals surface area (Å²) in [5.74, 6) is 4.29. The smallest absolute Gasteiger partial charge is 0.139 e. The van der Waals surface area contributed by atoms with Crippen molar-refractivity contribution in [2.75, 3.05) is 0 Å². The molecule has 98 valence electrons. The third kappa shape index (κ3) is 1.49. The molecule has 4 fully saturated rings. The Bertz CT molecular complexity index is 413. The molecule has 0 amide bonds. The largest absolute Gasteiger partial charge is 0.317 e. The summed E-state index contributed by atoms with van der Waals surface area (Å²) in [5, 5.41) is 8.75. The van der Waals surface area contributed by atoms with Gasteiger partial charge in [-0.2, -0.15) is 0 Å². The van der Waals surface area contributed by atoms with Gasteiger partial charge in [0, 0.05) is 12.0 Å². The fourth-order valence-electron chi connectivity index (χ4n) is 5.45. The van der Waals surface area contributed by atoms with Crippen LogP contribution in [0.4, 0.5) is 0 Å². The number of nitrogens with zero attached hydrogens (tertiary/aromatic N) is 3. The highest BCUT2D eigenvalue weighted by molar-refractivity contribution is 5.17. The highest BCUT2D eigenvalue weighted by atomic mass is 15.3. The van der Waals surface area contributed by atoms with Crippen LogP contribution in [0.25, 0.3) is 0 Å². The van der Waals surface area contributed by atoms with E-state index in [4.69, 9.17) is 0 Å². The molecule has 4 aliphatic carbocycles. The average molecular weight is 245 g/mol. The summed E-state index contributed by atoms with van der Waals surface area (Å²) in [7, 11) is 0. The zero-order valence-corrected chi connectivity index (χ0v) is 11.3. The molecule has 0 aromatic carbocycles. The van der Waals surface area contributed by atoms with Gasteiger partial charge in [0.2, 0.25) is 0 Å². The molecule has 4 aliphatic rings. The van der Waals surface area contributed by atoms with E-state index in [-0.39, 0.29) is 0 Å². The molecule has 1 aromatic rings. The van der Waals surface area contributed by atoms with Gasteiger partial charge < -0.3 is 4.57 Å². The molecule has 0 spiro atoms. The van der Waals surface area contributed by atoms with Gasteiger partial charge in [0.15, 0.2) is 0 Å². The molecule has 0 saturated heterocycles. The minimum Gasteiger partial charge on any atom is -0.317 e. The van der Waals surface area contributed by atoms with Crippen molar-refractivity contribution in [3.8, 4) is 0 Å². The van der Waals surface area contributed by atoms with Crippen molar-refractivity contribution in [1.82, 2.24) is 14.8 Å². The van der Waals surface area contributed by atoms with E-state index < -0.39 is 0 Å². The van der Waals surface area contributed by atoms with E-state index in [2.05, 4.69) is 21.7 Å². The quantitative estimate of drug-likeness (QED) is 0.819. The van der Waals surface area contributed by atoms with Crippen molar-refractivity contribution in [3.05, 3.63) is 12.2 Å². The Balaban J connectivity index is 1.72. The van der Waals surface area contributed by atoms with Gasteiger partial charge in [0.1, 0.15) is 12.2 Å². The van der Waals surface area contributed by atoms with Crippen molar-refractivity contribution >= 4 is 0 Å². The van der Waals surface area contributed by atoms with E-state index in [1.54, 1.807) is 0 Å². The number of aryl methyl sites for hydroxylation is 1. The lowest BCUT2D eigenvalue weighted by Gasteiger charge is -2.56. The summed E-state index contributed by atoms with van der Waals surface area (Å²) in [6, 6.07) is 0. The predicted molar refractivity (Wildman–Crippen MR) is 70.2 cm³/mol. The van der Waals surface area contributed by atoms with Crippen molar-refractivity contribution in [1.29, 1.82) is 0 Å². The fourth-order valence-corrected chi connectivity index (χ4v) is 5.45. The van der Waals surface area contributed by atoms with Gasteiger partial charge >= 0.3 is 0 Å². The number of hydrogen-bond donors (Lipinski definition) is 0. The molecule has 4 bridgehead atoms. The molecule has 1 aromatic heterocycles. The van der Waals surface area contributed by atoms with Crippen LogP contribution in [0.1, 0.15) is 57.7 Å². The molecule has 5 rings (SSSR count). The number of rotatable bonds is 3. The van der Waals surface area contributed by atoms with Gasteiger partial charge in [-0.1, -0.05) is 6.92 Å². The summed E-state index contributed by atoms with van der Waals surface area (Å²) >= 11 is 0. The molecular formula is C15H23N3. The first-order valence-electron chi connectivity index (χ1n) is 7.67. The Morgan fingerprint density at radius 1 is 1.17 bits per heavy atom. The van der Waals surface area contributed by atoms with Crippen LogP contribution >= 0.6 is 0 Å². The van der Waals surface area contributed by atoms with Gasteiger partial charge in [-0.15, -0.1) is 10.2 Å². The molecule has 0 atom stereocenters. The molecule has 1 heterocycles. The van der Waals surface area contributed by atoms with Gasteiger partial charge in [-0.3, -0.25) is 0 Å². The Morgan fingerprint density at radius 3 is 2.33 bits per heavy atom. The van der Waals surface area contributed by atoms with Gasteiger partial charge in [-0.25, -0.2) is 0 Å². The van der Waals surface area contributed by atoms with Crippen LogP contribution in [0.5, 0.6) is 0 Å². The monoisotopic (exact) mass is 245 g/mol. The lowest BCUT2D eigenvalue weighted by Crippen LogP contribution is -2.49. The fraction of sp³-hybridized carbons (Fsp3) is 0.867. The van der Waals surface area contributed by atoms with Crippen LogP contribution in [-0.2, 0) is 12.0 Å². The standard InChI is InChI=1S/C15H23N3/c1-2-3-18-10-16-17-14(18)15-7-11-4-12(8-15)6-13(5-11)9-15/h10-13H,2-9H2,1H3. The van der Waals surface area contributed by atoms with E-state index in [0.29, 0.717) is 5.41 Å². The summed E-state index contributed by atoms with van der Waals surface area (Å²) in [6.45, 7) is 3.33. The maximum Gasteiger partial charge on any atom is 0.139 e. The molecule has 0 unspecified atom stereocenters. The van der Waals surface area contributed by atoms with E-state index in [9.17, 15) is 0 Å². The van der Waals surface area contributed by atoms with Crippen molar-refractivity contribution in [3.63, 3.8) is 0 Å². The van der Waals surface area contributed by atoms with E-state index in [1.807, 2.05) is 6.33 Å². The Labute approximate surface area is 109 Å². The number of aromatic nitrogens is 3.